The number of nitrogens with zero attached hydrogens (tertiary/aromatic N) is 1. The van der Waals surface area contributed by atoms with Crippen LogP contribution in [0.1, 0.15) is 0 Å². The molecule has 1 aromatic heterocycles. The standard InChI is InChI=1S/C15H8ClF3N2OS/c16-10-6-5-8(20-14(22)15(17,18)19)7-9(10)13-21-11-3-1-2-4-12(11)23-13/h1-7H,(H,20,22). The molecule has 0 unspecified atom stereocenters. The molecule has 3 nitrogen and oxygen atoms in total. The van der Waals surface area contributed by atoms with Crippen molar-refractivity contribution in [1.82, 2.24) is 4.98 Å². The molecule has 0 saturated carbocycles. The van der Waals surface area contributed by atoms with Crippen molar-refractivity contribution < 1.29 is 18.0 Å². The summed E-state index contributed by atoms with van der Waals surface area (Å²) in [6.45, 7) is 0. The molecule has 1 heterocycles. The van der Waals surface area contributed by atoms with Gasteiger partial charge in [0.2, 0.25) is 0 Å². The number of hydrogen-bond acceptors (Lipinski definition) is 3. The molecule has 0 aliphatic carbocycles. The Morgan fingerprint density at radius 2 is 1.91 bits per heavy atom. The number of carbonyl (C=O) groups is 1. The molecule has 1 amide bonds. The Hall–Kier alpha value is -2.12. The Bertz CT molecular complexity index is 859. The van der Waals surface area contributed by atoms with Crippen LogP contribution >= 0.6 is 22.9 Å². The number of benzene rings is 2. The molecular formula is C15H8ClF3N2OS. The van der Waals surface area contributed by atoms with E-state index in [0.717, 1.165) is 10.2 Å². The number of anilines is 1. The fourth-order valence-corrected chi connectivity index (χ4v) is 3.22. The van der Waals surface area contributed by atoms with Gasteiger partial charge in [-0.3, -0.25) is 4.79 Å². The van der Waals surface area contributed by atoms with Crippen molar-refractivity contribution in [3.8, 4) is 10.6 Å². The molecule has 0 spiro atoms. The predicted octanol–water partition coefficient (Wildman–Crippen LogP) is 5.12. The second kappa shape index (κ2) is 5.82. The van der Waals surface area contributed by atoms with Gasteiger partial charge in [-0.15, -0.1) is 11.3 Å². The summed E-state index contributed by atoms with van der Waals surface area (Å²) in [6, 6.07) is 11.5. The quantitative estimate of drug-likeness (QED) is 0.692. The van der Waals surface area contributed by atoms with E-state index in [1.165, 1.54) is 29.5 Å². The first-order chi connectivity index (χ1) is 10.8. The van der Waals surface area contributed by atoms with Gasteiger partial charge in [-0.05, 0) is 30.3 Å². The van der Waals surface area contributed by atoms with E-state index in [1.54, 1.807) is 0 Å². The number of nitrogens with one attached hydrogen (secondary N) is 1. The van der Waals surface area contributed by atoms with Crippen LogP contribution in [0.15, 0.2) is 42.5 Å². The Morgan fingerprint density at radius 3 is 2.61 bits per heavy atom. The van der Waals surface area contributed by atoms with Crippen molar-refractivity contribution in [3.05, 3.63) is 47.5 Å². The average Bonchev–Trinajstić information content (AvgIpc) is 2.91. The van der Waals surface area contributed by atoms with Gasteiger partial charge in [0.05, 0.1) is 15.2 Å². The van der Waals surface area contributed by atoms with E-state index < -0.39 is 12.1 Å². The minimum Gasteiger partial charge on any atom is -0.318 e. The van der Waals surface area contributed by atoms with Crippen LogP contribution in [0.25, 0.3) is 20.8 Å². The molecule has 0 fully saturated rings. The number of halogens is 4. The third kappa shape index (κ3) is 3.30. The Labute approximate surface area is 137 Å². The summed E-state index contributed by atoms with van der Waals surface area (Å²) >= 11 is 7.48. The number of amides is 1. The molecule has 23 heavy (non-hydrogen) atoms. The van der Waals surface area contributed by atoms with E-state index in [9.17, 15) is 18.0 Å². The highest BCUT2D eigenvalue weighted by atomic mass is 35.5. The topological polar surface area (TPSA) is 42.0 Å². The van der Waals surface area contributed by atoms with Gasteiger partial charge in [0, 0.05) is 11.3 Å². The van der Waals surface area contributed by atoms with E-state index >= 15 is 0 Å². The highest BCUT2D eigenvalue weighted by Gasteiger charge is 2.38. The monoisotopic (exact) mass is 356 g/mol. The fourth-order valence-electron chi connectivity index (χ4n) is 1.96. The number of hydrogen-bond donors (Lipinski definition) is 1. The maximum absolute atomic E-state index is 12.3. The summed E-state index contributed by atoms with van der Waals surface area (Å²) in [5.74, 6) is -2.03. The van der Waals surface area contributed by atoms with Crippen LogP contribution in [0.3, 0.4) is 0 Å². The van der Waals surface area contributed by atoms with Crippen LogP contribution in [0.5, 0.6) is 0 Å². The Balaban J connectivity index is 1.99. The summed E-state index contributed by atoms with van der Waals surface area (Å²) in [6.07, 6.45) is -4.95. The minimum atomic E-state index is -4.95. The van der Waals surface area contributed by atoms with Crippen molar-refractivity contribution in [2.75, 3.05) is 5.32 Å². The Morgan fingerprint density at radius 1 is 1.17 bits per heavy atom. The maximum atomic E-state index is 12.3. The Kier molecular flexibility index (Phi) is 3.99. The van der Waals surface area contributed by atoms with Crippen molar-refractivity contribution in [2.24, 2.45) is 0 Å². The first-order valence-corrected chi connectivity index (χ1v) is 7.58. The molecule has 0 bridgehead atoms. The lowest BCUT2D eigenvalue weighted by molar-refractivity contribution is -0.167. The van der Waals surface area contributed by atoms with Crippen LogP contribution in [0, 0.1) is 0 Å². The van der Waals surface area contributed by atoms with Crippen molar-refractivity contribution in [1.29, 1.82) is 0 Å². The molecule has 3 rings (SSSR count). The summed E-state index contributed by atoms with van der Waals surface area (Å²) in [7, 11) is 0. The maximum Gasteiger partial charge on any atom is 0.471 e. The first kappa shape index (κ1) is 15.8. The van der Waals surface area contributed by atoms with E-state index in [4.69, 9.17) is 11.6 Å². The summed E-state index contributed by atoms with van der Waals surface area (Å²) in [5.41, 5.74) is 1.24. The highest BCUT2D eigenvalue weighted by molar-refractivity contribution is 7.21. The van der Waals surface area contributed by atoms with Gasteiger partial charge in [0.15, 0.2) is 0 Å². The van der Waals surface area contributed by atoms with Gasteiger partial charge < -0.3 is 5.32 Å². The number of fused-ring (bicyclic) bond motifs is 1. The van der Waals surface area contributed by atoms with Gasteiger partial charge in [0.25, 0.3) is 0 Å². The molecule has 8 heteroatoms. The third-order valence-electron chi connectivity index (χ3n) is 3.01. The lowest BCUT2D eigenvalue weighted by Gasteiger charge is -2.09. The van der Waals surface area contributed by atoms with E-state index in [-0.39, 0.29) is 5.69 Å². The summed E-state index contributed by atoms with van der Waals surface area (Å²) in [4.78, 5) is 15.4. The predicted molar refractivity (Wildman–Crippen MR) is 84.8 cm³/mol. The lowest BCUT2D eigenvalue weighted by Crippen LogP contribution is -2.29. The van der Waals surface area contributed by atoms with Gasteiger partial charge in [-0.25, -0.2) is 4.98 Å². The third-order valence-corrected chi connectivity index (χ3v) is 4.41. The zero-order chi connectivity index (χ0) is 16.6. The van der Waals surface area contributed by atoms with Crippen LogP contribution in [-0.4, -0.2) is 17.1 Å². The second-order valence-electron chi connectivity index (χ2n) is 4.63. The summed E-state index contributed by atoms with van der Waals surface area (Å²) in [5, 5.41) is 2.72. The van der Waals surface area contributed by atoms with E-state index in [1.807, 2.05) is 29.6 Å². The number of carbonyl (C=O) groups excluding carboxylic acids is 1. The lowest BCUT2D eigenvalue weighted by atomic mass is 10.2. The molecular weight excluding hydrogens is 349 g/mol. The summed E-state index contributed by atoms with van der Waals surface area (Å²) < 4.78 is 37.9. The van der Waals surface area contributed by atoms with Crippen LogP contribution in [0.2, 0.25) is 5.02 Å². The van der Waals surface area contributed by atoms with Crippen molar-refractivity contribution in [2.45, 2.75) is 6.18 Å². The molecule has 0 radical (unpaired) electrons. The largest absolute Gasteiger partial charge is 0.471 e. The van der Waals surface area contributed by atoms with Gasteiger partial charge in [-0.1, -0.05) is 23.7 Å². The fraction of sp³-hybridized carbons (Fsp3) is 0.0667. The second-order valence-corrected chi connectivity index (χ2v) is 6.07. The van der Waals surface area contributed by atoms with Gasteiger partial charge in [-0.2, -0.15) is 13.2 Å². The molecule has 0 saturated heterocycles. The van der Waals surface area contributed by atoms with Gasteiger partial charge >= 0.3 is 12.1 Å². The van der Waals surface area contributed by atoms with Crippen LogP contribution in [-0.2, 0) is 4.79 Å². The molecule has 2 aromatic carbocycles. The molecule has 0 aliphatic heterocycles. The molecule has 118 valence electrons. The average molecular weight is 357 g/mol. The normalized spacial score (nSPS) is 11.7. The number of thiazole rings is 1. The molecule has 0 aliphatic rings. The SMILES string of the molecule is O=C(Nc1ccc(Cl)c(-c2nc3ccccc3s2)c1)C(F)(F)F. The van der Waals surface area contributed by atoms with Crippen LogP contribution in [0.4, 0.5) is 18.9 Å². The number of rotatable bonds is 2. The number of aromatic nitrogens is 1. The highest BCUT2D eigenvalue weighted by Crippen LogP contribution is 2.36. The van der Waals surface area contributed by atoms with Crippen molar-refractivity contribution in [3.63, 3.8) is 0 Å². The van der Waals surface area contributed by atoms with Crippen molar-refractivity contribution >= 4 is 44.7 Å². The van der Waals surface area contributed by atoms with Crippen LogP contribution < -0.4 is 5.32 Å². The zero-order valence-electron chi connectivity index (χ0n) is 11.3. The number of alkyl halides is 3. The zero-order valence-corrected chi connectivity index (χ0v) is 12.9. The van der Waals surface area contributed by atoms with E-state index in [0.29, 0.717) is 15.6 Å². The smallest absolute Gasteiger partial charge is 0.318 e. The molecule has 0 atom stereocenters. The molecule has 1 N–H and O–H groups in total. The first-order valence-electron chi connectivity index (χ1n) is 6.38. The van der Waals surface area contributed by atoms with E-state index in [2.05, 4.69) is 4.98 Å². The minimum absolute atomic E-state index is 0.00554. The molecule has 3 aromatic rings. The van der Waals surface area contributed by atoms with Gasteiger partial charge in [0.1, 0.15) is 5.01 Å². The number of para-hydroxylation sites is 1.